The Kier molecular flexibility index (Phi) is 9.50. The highest BCUT2D eigenvalue weighted by Gasteiger charge is 2.32. The number of halogens is 2. The summed E-state index contributed by atoms with van der Waals surface area (Å²) in [4.78, 5) is 33.1. The van der Waals surface area contributed by atoms with E-state index < -0.39 is 6.04 Å². The van der Waals surface area contributed by atoms with Gasteiger partial charge in [-0.3, -0.25) is 14.2 Å². The summed E-state index contributed by atoms with van der Waals surface area (Å²) in [7, 11) is 0. The number of aromatic nitrogens is 1. The second-order valence-corrected chi connectivity index (χ2v) is 12.6. The van der Waals surface area contributed by atoms with Gasteiger partial charge in [0.1, 0.15) is 18.1 Å². The molecule has 1 aliphatic heterocycles. The molecule has 1 aromatic heterocycles. The van der Waals surface area contributed by atoms with Crippen LogP contribution in [0.3, 0.4) is 0 Å². The lowest BCUT2D eigenvalue weighted by molar-refractivity contribution is -0.113. The van der Waals surface area contributed by atoms with Gasteiger partial charge in [0.25, 0.3) is 11.5 Å². The Morgan fingerprint density at radius 1 is 1.14 bits per heavy atom. The van der Waals surface area contributed by atoms with Crippen LogP contribution in [0, 0.1) is 19.5 Å². The molecule has 1 aliphatic rings. The molecule has 7 nitrogen and oxygen atoms in total. The predicted octanol–water partition coefficient (Wildman–Crippen LogP) is 5.49. The van der Waals surface area contributed by atoms with Gasteiger partial charge < -0.3 is 14.8 Å². The molecule has 1 N–H and O–H groups in total. The molecule has 4 aromatic rings. The number of anilines is 1. The lowest BCUT2D eigenvalue weighted by Gasteiger charge is -2.25. The van der Waals surface area contributed by atoms with E-state index in [9.17, 15) is 9.59 Å². The number of hydrogen-bond acceptors (Lipinski definition) is 6. The maximum atomic E-state index is 14.1. The number of hydrogen-bond donors (Lipinski definition) is 1. The molecule has 0 fully saturated rings. The standard InChI is InChI=1S/C32H25I2N3O4S/c1-4-15-41-29-21(16-22(33)18-25(29)34)17-26-31(39)37-28(20-11-13-24(14-12-20)40-5-2)27(19(3)35-32(37)42-26)30(38)36-23-9-7-6-8-10-23/h1,6-14,16-18,28H,5,15H2,2-3H3,(H,36,38)/b26-17-/t28-/m1/s1. The summed E-state index contributed by atoms with van der Waals surface area (Å²) >= 11 is 5.70. The zero-order valence-electron chi connectivity index (χ0n) is 22.7. The van der Waals surface area contributed by atoms with Gasteiger partial charge in [0.05, 0.1) is 32.0 Å². The van der Waals surface area contributed by atoms with E-state index >= 15 is 0 Å². The van der Waals surface area contributed by atoms with Crippen molar-refractivity contribution in [3.8, 4) is 23.8 Å². The van der Waals surface area contributed by atoms with Crippen LogP contribution in [-0.4, -0.2) is 23.7 Å². The zero-order valence-corrected chi connectivity index (χ0v) is 27.8. The molecule has 0 bridgehead atoms. The van der Waals surface area contributed by atoms with E-state index in [1.54, 1.807) is 17.6 Å². The number of ether oxygens (including phenoxy) is 2. The molecule has 42 heavy (non-hydrogen) atoms. The van der Waals surface area contributed by atoms with Crippen LogP contribution in [0.5, 0.6) is 11.5 Å². The topological polar surface area (TPSA) is 81.9 Å². The fourth-order valence-electron chi connectivity index (χ4n) is 4.65. The Morgan fingerprint density at radius 2 is 1.88 bits per heavy atom. The highest BCUT2D eigenvalue weighted by Crippen LogP contribution is 2.32. The number of para-hydroxylation sites is 1. The second kappa shape index (κ2) is 13.3. The molecule has 0 spiro atoms. The highest BCUT2D eigenvalue weighted by molar-refractivity contribution is 14.1. The van der Waals surface area contributed by atoms with Crippen LogP contribution >= 0.6 is 56.5 Å². The first-order chi connectivity index (χ1) is 20.3. The van der Waals surface area contributed by atoms with Gasteiger partial charge in [0.15, 0.2) is 4.80 Å². The second-order valence-electron chi connectivity index (χ2n) is 9.20. The van der Waals surface area contributed by atoms with E-state index in [0.29, 0.717) is 44.4 Å². The van der Waals surface area contributed by atoms with Gasteiger partial charge in [0.2, 0.25) is 0 Å². The van der Waals surface area contributed by atoms with Crippen molar-refractivity contribution in [1.29, 1.82) is 0 Å². The smallest absolute Gasteiger partial charge is 0.271 e. The number of nitrogens with zero attached hydrogens (tertiary/aromatic N) is 2. The molecule has 1 atom stereocenters. The number of carbonyl (C=O) groups is 1. The van der Waals surface area contributed by atoms with Crippen LogP contribution in [-0.2, 0) is 4.79 Å². The summed E-state index contributed by atoms with van der Waals surface area (Å²) in [5.74, 6) is 3.49. The molecule has 0 aliphatic carbocycles. The van der Waals surface area contributed by atoms with Crippen LogP contribution in [0.25, 0.3) is 6.08 Å². The number of allylic oxidation sites excluding steroid dienone is 1. The third-order valence-corrected chi connectivity index (χ3v) is 8.84. The normalized spacial score (nSPS) is 14.5. The van der Waals surface area contributed by atoms with Crippen LogP contribution in [0.1, 0.15) is 31.0 Å². The van der Waals surface area contributed by atoms with Gasteiger partial charge in [-0.05, 0) is 107 Å². The predicted molar refractivity (Wildman–Crippen MR) is 183 cm³/mol. The Balaban J connectivity index is 1.68. The van der Waals surface area contributed by atoms with Crippen LogP contribution in [0.15, 0.2) is 87.8 Å². The number of thiazole rings is 1. The molecule has 0 saturated heterocycles. The Morgan fingerprint density at radius 3 is 2.57 bits per heavy atom. The molecule has 3 aromatic carbocycles. The van der Waals surface area contributed by atoms with Gasteiger partial charge >= 0.3 is 0 Å². The van der Waals surface area contributed by atoms with E-state index in [2.05, 4.69) is 56.4 Å². The highest BCUT2D eigenvalue weighted by atomic mass is 127. The SMILES string of the molecule is C#CCOc1c(I)cc(I)cc1/C=c1\sc2n(c1=O)[C@H](c1ccc(OCC)cc1)C(C(=O)Nc1ccccc1)=C(C)N=2. The van der Waals surface area contributed by atoms with E-state index in [1.807, 2.05) is 73.7 Å². The van der Waals surface area contributed by atoms with Crippen molar-refractivity contribution in [3.05, 3.63) is 116 Å². The van der Waals surface area contributed by atoms with E-state index in [4.69, 9.17) is 20.9 Å². The number of carbonyl (C=O) groups excluding carboxylic acids is 1. The first-order valence-corrected chi connectivity index (χ1v) is 15.9. The van der Waals surface area contributed by atoms with Crippen molar-refractivity contribution in [2.45, 2.75) is 19.9 Å². The fraction of sp³-hybridized carbons (Fsp3) is 0.156. The zero-order chi connectivity index (χ0) is 29.8. The molecular weight excluding hydrogens is 776 g/mol. The molecular formula is C32H25I2N3O4S. The van der Waals surface area contributed by atoms with Crippen molar-refractivity contribution in [3.63, 3.8) is 0 Å². The van der Waals surface area contributed by atoms with Crippen molar-refractivity contribution in [2.75, 3.05) is 18.5 Å². The van der Waals surface area contributed by atoms with Crippen molar-refractivity contribution in [2.24, 2.45) is 4.99 Å². The van der Waals surface area contributed by atoms with Crippen molar-refractivity contribution < 1.29 is 14.3 Å². The van der Waals surface area contributed by atoms with Crippen molar-refractivity contribution in [1.82, 2.24) is 4.57 Å². The Hall–Kier alpha value is -3.41. The Labute approximate surface area is 274 Å². The van der Waals surface area contributed by atoms with Gasteiger partial charge in [-0.2, -0.15) is 0 Å². The van der Waals surface area contributed by atoms with Crippen LogP contribution < -0.4 is 29.7 Å². The minimum atomic E-state index is -0.698. The number of amides is 1. The summed E-state index contributed by atoms with van der Waals surface area (Å²) in [6.45, 7) is 4.35. The third-order valence-electron chi connectivity index (χ3n) is 6.43. The van der Waals surface area contributed by atoms with E-state index in [0.717, 1.165) is 18.3 Å². The summed E-state index contributed by atoms with van der Waals surface area (Å²) in [5, 5.41) is 2.97. The van der Waals surface area contributed by atoms with E-state index in [-0.39, 0.29) is 18.1 Å². The summed E-state index contributed by atoms with van der Waals surface area (Å²) in [5.41, 5.74) is 2.83. The largest absolute Gasteiger partial charge is 0.494 e. The first-order valence-electron chi connectivity index (χ1n) is 13.0. The number of nitrogens with one attached hydrogen (secondary N) is 1. The number of terminal acetylenes is 1. The molecule has 0 saturated carbocycles. The van der Waals surface area contributed by atoms with Gasteiger partial charge in [-0.25, -0.2) is 4.99 Å². The molecule has 10 heteroatoms. The number of fused-ring (bicyclic) bond motifs is 1. The lowest BCUT2D eigenvalue weighted by atomic mass is 9.95. The first kappa shape index (κ1) is 30.1. The molecule has 0 radical (unpaired) electrons. The monoisotopic (exact) mass is 801 g/mol. The van der Waals surface area contributed by atoms with Crippen LogP contribution in [0.2, 0.25) is 0 Å². The lowest BCUT2D eigenvalue weighted by Crippen LogP contribution is -2.40. The number of rotatable bonds is 8. The molecule has 0 unspecified atom stereocenters. The minimum Gasteiger partial charge on any atom is -0.494 e. The van der Waals surface area contributed by atoms with Gasteiger partial charge in [-0.1, -0.05) is 47.6 Å². The maximum absolute atomic E-state index is 14.1. The summed E-state index contributed by atoms with van der Waals surface area (Å²) in [6, 6.07) is 19.9. The number of benzene rings is 3. The third kappa shape index (κ3) is 6.33. The van der Waals surface area contributed by atoms with Crippen molar-refractivity contribution >= 4 is 74.2 Å². The van der Waals surface area contributed by atoms with Crippen LogP contribution in [0.4, 0.5) is 5.69 Å². The molecule has 212 valence electrons. The average Bonchev–Trinajstić information content (AvgIpc) is 3.27. The molecule has 5 rings (SSSR count). The van der Waals surface area contributed by atoms with Gasteiger partial charge in [-0.15, -0.1) is 6.42 Å². The minimum absolute atomic E-state index is 0.107. The Bertz CT molecular complexity index is 1910. The molecule has 2 heterocycles. The molecule has 1 amide bonds. The van der Waals surface area contributed by atoms with E-state index in [1.165, 1.54) is 11.3 Å². The van der Waals surface area contributed by atoms with Gasteiger partial charge in [0, 0.05) is 14.8 Å². The fourth-order valence-corrected chi connectivity index (χ4v) is 7.74. The maximum Gasteiger partial charge on any atom is 0.271 e. The summed E-state index contributed by atoms with van der Waals surface area (Å²) in [6.07, 6.45) is 7.25. The summed E-state index contributed by atoms with van der Waals surface area (Å²) < 4.78 is 15.4. The quantitative estimate of drug-likeness (QED) is 0.189. The average molecular weight is 801 g/mol.